The van der Waals surface area contributed by atoms with Crippen LogP contribution in [0.1, 0.15) is 30.0 Å². The molecule has 0 heterocycles. The zero-order valence-corrected chi connectivity index (χ0v) is 19.8. The third-order valence-electron chi connectivity index (χ3n) is 4.64. The molecule has 0 radical (unpaired) electrons. The highest BCUT2D eigenvalue weighted by Gasteiger charge is 2.28. The van der Waals surface area contributed by atoms with Crippen LogP contribution in [-0.4, -0.2) is 51.8 Å². The molecule has 0 saturated carbocycles. The highest BCUT2D eigenvalue weighted by atomic mass is 35.5. The maximum Gasteiger partial charge on any atom is 0.330 e. The van der Waals surface area contributed by atoms with E-state index in [1.807, 2.05) is 30.3 Å². The van der Waals surface area contributed by atoms with Gasteiger partial charge in [0, 0.05) is 17.9 Å². The number of carbonyl (C=O) groups excluding carboxylic acids is 2. The molecule has 6 N–H and O–H groups in total. The van der Waals surface area contributed by atoms with Crippen molar-refractivity contribution in [3.8, 4) is 0 Å². The minimum absolute atomic E-state index is 0. The smallest absolute Gasteiger partial charge is 0.330 e. The number of nitrogens with two attached hydrogens (primary N) is 1. The molecule has 0 aromatic heterocycles. The van der Waals surface area contributed by atoms with Crippen LogP contribution in [0.5, 0.6) is 0 Å². The minimum atomic E-state index is -1.36. The number of carboxylic acids is 2. The van der Waals surface area contributed by atoms with Crippen LogP contribution in [0.4, 0.5) is 0 Å². The van der Waals surface area contributed by atoms with Crippen LogP contribution in [-0.2, 0) is 24.9 Å². The number of hydrogen-bond acceptors (Lipinski definition) is 6. The number of hydrogen-bond donors (Lipinski definition) is 5. The van der Waals surface area contributed by atoms with Crippen molar-refractivity contribution in [3.63, 3.8) is 0 Å². The third kappa shape index (κ3) is 9.82. The first-order chi connectivity index (χ1) is 16.2. The molecular weight excluding hydrogens is 482 g/mol. The summed E-state index contributed by atoms with van der Waals surface area (Å²) in [5.41, 5.74) is 6.75. The first-order valence-corrected chi connectivity index (χ1v) is 11.3. The van der Waals surface area contributed by atoms with Gasteiger partial charge in [-0.3, -0.25) is 14.4 Å². The summed E-state index contributed by atoms with van der Waals surface area (Å²) in [7, 11) is 0. The number of nitrogens with one attached hydrogen (secondary N) is 2. The number of amides is 2. The second-order valence-corrected chi connectivity index (χ2v) is 8.24. The summed E-state index contributed by atoms with van der Waals surface area (Å²) in [6.45, 7) is 0. The maximum atomic E-state index is 13.0. The Kier molecular flexibility index (Phi) is 11.9. The summed E-state index contributed by atoms with van der Waals surface area (Å²) < 4.78 is 8.23. The molecule has 0 fully saturated rings. The number of aliphatic carboxylic acids is 2. The minimum Gasteiger partial charge on any atom is -0.480 e. The summed E-state index contributed by atoms with van der Waals surface area (Å²) >= 11 is 1.31. The van der Waals surface area contributed by atoms with E-state index in [1.165, 1.54) is 11.8 Å². The van der Waals surface area contributed by atoms with Crippen molar-refractivity contribution in [3.05, 3.63) is 71.8 Å². The van der Waals surface area contributed by atoms with E-state index >= 15 is 0 Å². The highest BCUT2D eigenvalue weighted by Crippen LogP contribution is 2.16. The van der Waals surface area contributed by atoms with Crippen LogP contribution < -0.4 is 16.4 Å². The summed E-state index contributed by atoms with van der Waals surface area (Å²) in [5.74, 6) is -3.61. The van der Waals surface area contributed by atoms with Gasteiger partial charge < -0.3 is 26.6 Å². The van der Waals surface area contributed by atoms with Crippen molar-refractivity contribution in [2.24, 2.45) is 5.73 Å². The number of thioether (sulfide) groups is 1. The van der Waals surface area contributed by atoms with E-state index in [1.54, 1.807) is 30.3 Å². The van der Waals surface area contributed by atoms with Gasteiger partial charge in [0.1, 0.15) is 12.1 Å². The molecule has 11 heteroatoms. The normalized spacial score (nSPS) is 13.4. The molecular formula is C23H28ClN3O6S. The molecule has 2 aromatic carbocycles. The van der Waals surface area contributed by atoms with Crippen LogP contribution in [0.15, 0.2) is 60.7 Å². The Hall–Kier alpha value is -3.08. The third-order valence-corrected chi connectivity index (χ3v) is 5.73. The Balaban J connectivity index is 0.00000612. The van der Waals surface area contributed by atoms with Gasteiger partial charge >= 0.3 is 11.9 Å². The highest BCUT2D eigenvalue weighted by molar-refractivity contribution is 7.98. The van der Waals surface area contributed by atoms with Gasteiger partial charge in [0.25, 0.3) is 0 Å². The van der Waals surface area contributed by atoms with Crippen molar-refractivity contribution < 1.29 is 30.8 Å². The lowest BCUT2D eigenvalue weighted by atomic mass is 10.1. The number of benzene rings is 2. The van der Waals surface area contributed by atoms with Crippen LogP contribution in [0.2, 0.25) is 1.41 Å². The molecule has 0 saturated heterocycles. The quantitative estimate of drug-likeness (QED) is 0.273. The van der Waals surface area contributed by atoms with Crippen molar-refractivity contribution in [1.82, 2.24) is 10.6 Å². The van der Waals surface area contributed by atoms with Crippen molar-refractivity contribution in [1.29, 1.82) is 0 Å². The standard InChI is InChI=1S/C23H27N3O6S.ClH/c24-17(22(29)30)11-12-19(27)25-18(14-33-13-15-7-3-1-4-8-15)21(28)26-20(23(31)32)16-9-5-2-6-10-16;/h1-10,17-18,20H,11-14,24H2,(H,25,27)(H,26,28)(H,29,30)(H,31,32);1H/t17-,18-,20?;/m0./s1/i/hD. The maximum absolute atomic E-state index is 13.0. The van der Waals surface area contributed by atoms with Gasteiger partial charge in [0.05, 0.1) is 0 Å². The molecule has 2 amide bonds. The average Bonchev–Trinajstić information content (AvgIpc) is 2.83. The first kappa shape index (κ1) is 27.2. The Labute approximate surface area is 209 Å². The zero-order valence-electron chi connectivity index (χ0n) is 19.2. The molecule has 0 aliphatic heterocycles. The van der Waals surface area contributed by atoms with Crippen LogP contribution in [0, 0.1) is 0 Å². The van der Waals surface area contributed by atoms with Crippen molar-refractivity contribution in [2.75, 3.05) is 5.75 Å². The summed E-state index contributed by atoms with van der Waals surface area (Å²) in [6, 6.07) is 13.5. The zero-order chi connectivity index (χ0) is 25.1. The van der Waals surface area contributed by atoms with Crippen LogP contribution >= 0.6 is 24.2 Å². The van der Waals surface area contributed by atoms with E-state index in [2.05, 4.69) is 5.32 Å². The van der Waals surface area contributed by atoms with Crippen molar-refractivity contribution in [2.45, 2.75) is 36.7 Å². The second kappa shape index (κ2) is 14.9. The van der Waals surface area contributed by atoms with Gasteiger partial charge in [-0.25, -0.2) is 4.79 Å². The molecule has 34 heavy (non-hydrogen) atoms. The molecule has 0 aliphatic carbocycles. The van der Waals surface area contributed by atoms with Gasteiger partial charge in [0.15, 0.2) is 7.45 Å². The number of halogens is 1. The number of rotatable bonds is 13. The van der Waals surface area contributed by atoms with Crippen LogP contribution in [0.25, 0.3) is 0 Å². The largest absolute Gasteiger partial charge is 0.480 e. The molecule has 2 aromatic rings. The molecule has 1 unspecified atom stereocenters. The van der Waals surface area contributed by atoms with Gasteiger partial charge in [-0.1, -0.05) is 60.7 Å². The fourth-order valence-corrected chi connectivity index (χ4v) is 3.84. The Morgan fingerprint density at radius 3 is 2.12 bits per heavy atom. The van der Waals surface area contributed by atoms with Gasteiger partial charge in [-0.2, -0.15) is 11.8 Å². The molecule has 184 valence electrons. The lowest BCUT2D eigenvalue weighted by Gasteiger charge is -2.22. The molecule has 3 atom stereocenters. The molecule has 0 aliphatic rings. The Morgan fingerprint density at radius 1 is 0.971 bits per heavy atom. The predicted molar refractivity (Wildman–Crippen MR) is 132 cm³/mol. The predicted octanol–water partition coefficient (Wildman–Crippen LogP) is 1.96. The first-order valence-electron chi connectivity index (χ1n) is 10.6. The molecule has 0 spiro atoms. The summed E-state index contributed by atoms with van der Waals surface area (Å²) in [4.78, 5) is 48.3. The monoisotopic (exact) mass is 510 g/mol. The van der Waals surface area contributed by atoms with E-state index in [9.17, 15) is 24.3 Å². The van der Waals surface area contributed by atoms with E-state index < -0.39 is 41.9 Å². The topological polar surface area (TPSA) is 159 Å². The van der Waals surface area contributed by atoms with E-state index in [-0.39, 0.29) is 31.0 Å². The lowest BCUT2D eigenvalue weighted by molar-refractivity contribution is -0.142. The van der Waals surface area contributed by atoms with Gasteiger partial charge in [-0.05, 0) is 17.5 Å². The van der Waals surface area contributed by atoms with E-state index in [0.29, 0.717) is 16.6 Å². The van der Waals surface area contributed by atoms with Gasteiger partial charge in [0.2, 0.25) is 11.8 Å². The fraction of sp³-hybridized carbons (Fsp3) is 0.304. The molecule has 2 rings (SSSR count). The Bertz CT molecular complexity index is 986. The number of carbonyl (C=O) groups is 4. The van der Waals surface area contributed by atoms with E-state index in [4.69, 9.17) is 12.3 Å². The fourth-order valence-electron chi connectivity index (χ4n) is 2.85. The molecule has 9 nitrogen and oxygen atoms in total. The lowest BCUT2D eigenvalue weighted by Crippen LogP contribution is -2.50. The SMILES string of the molecule is Cl.[2H]N(C(=O)CC[C@H](N)C(=O)O)[C@@H](CSCc1ccccc1)C(=O)NC(C(=O)O)c1ccccc1. The molecule has 0 bridgehead atoms. The van der Waals surface area contributed by atoms with Crippen LogP contribution in [0.3, 0.4) is 0 Å². The van der Waals surface area contributed by atoms with E-state index in [0.717, 1.165) is 5.56 Å². The second-order valence-electron chi connectivity index (χ2n) is 7.21. The van der Waals surface area contributed by atoms with Gasteiger partial charge in [-0.15, -0.1) is 12.4 Å². The number of carboxylic acid groups (broad SMARTS) is 2. The summed E-state index contributed by atoms with van der Waals surface area (Å²) in [6.07, 6.45) is -0.540. The summed E-state index contributed by atoms with van der Waals surface area (Å²) in [5, 5.41) is 21.4. The Morgan fingerprint density at radius 2 is 1.56 bits per heavy atom. The average molecular weight is 511 g/mol. The van der Waals surface area contributed by atoms with Crippen molar-refractivity contribution >= 4 is 47.9 Å².